The normalized spacial score (nSPS) is 11.4. The van der Waals surface area contributed by atoms with Crippen molar-refractivity contribution in [3.05, 3.63) is 96.1 Å². The lowest BCUT2D eigenvalue weighted by Gasteiger charge is -2.17. The van der Waals surface area contributed by atoms with Gasteiger partial charge in [0, 0.05) is 25.7 Å². The van der Waals surface area contributed by atoms with Crippen molar-refractivity contribution >= 4 is 21.6 Å². The maximum atomic E-state index is 12.8. The van der Waals surface area contributed by atoms with Crippen molar-refractivity contribution in [2.24, 2.45) is 0 Å². The number of hydrogen-bond acceptors (Lipinski definition) is 3. The quantitative estimate of drug-likeness (QED) is 0.611. The van der Waals surface area contributed by atoms with Crippen LogP contribution in [0.1, 0.15) is 17.5 Å². The third-order valence-electron chi connectivity index (χ3n) is 4.58. The fourth-order valence-electron chi connectivity index (χ4n) is 2.94. The van der Waals surface area contributed by atoms with E-state index in [4.69, 9.17) is 0 Å². The minimum absolute atomic E-state index is 0.106. The molecule has 0 aliphatic heterocycles. The highest BCUT2D eigenvalue weighted by atomic mass is 32.2. The van der Waals surface area contributed by atoms with E-state index < -0.39 is 10.0 Å². The van der Waals surface area contributed by atoms with E-state index in [1.807, 2.05) is 60.7 Å². The number of nitrogens with one attached hydrogen (secondary N) is 1. The van der Waals surface area contributed by atoms with E-state index in [1.165, 1.54) is 16.4 Å². The number of carbonyl (C=O) groups is 1. The Balaban J connectivity index is 1.59. The first-order valence-corrected chi connectivity index (χ1v) is 10.8. The standard InChI is InChI=1S/C23H24N2O3S/c1-25(18-20-10-6-3-7-11-20)29(27,28)22-15-13-21(14-16-22)24-23(26)17-12-19-8-4-2-5-9-19/h2-11,13-16H,12,17-18H2,1H3,(H,24,26). The molecule has 0 saturated heterocycles. The summed E-state index contributed by atoms with van der Waals surface area (Å²) in [5.41, 5.74) is 2.60. The van der Waals surface area contributed by atoms with Crippen LogP contribution in [0.4, 0.5) is 5.69 Å². The summed E-state index contributed by atoms with van der Waals surface area (Å²) in [5.74, 6) is -0.106. The molecule has 3 aromatic carbocycles. The number of nitrogens with zero attached hydrogens (tertiary/aromatic N) is 1. The molecule has 0 spiro atoms. The molecular weight excluding hydrogens is 384 g/mol. The van der Waals surface area contributed by atoms with Crippen LogP contribution < -0.4 is 5.32 Å². The van der Waals surface area contributed by atoms with Crippen LogP contribution in [-0.2, 0) is 27.8 Å². The molecule has 3 aromatic rings. The molecule has 0 aromatic heterocycles. The van der Waals surface area contributed by atoms with E-state index in [0.29, 0.717) is 25.1 Å². The zero-order chi connectivity index (χ0) is 20.7. The minimum atomic E-state index is -3.61. The first kappa shape index (κ1) is 20.8. The highest BCUT2D eigenvalue weighted by molar-refractivity contribution is 7.89. The molecule has 5 nitrogen and oxygen atoms in total. The number of benzene rings is 3. The van der Waals surface area contributed by atoms with E-state index in [2.05, 4.69) is 5.32 Å². The molecular formula is C23H24N2O3S. The monoisotopic (exact) mass is 408 g/mol. The fraction of sp³-hybridized carbons (Fsp3) is 0.174. The number of anilines is 1. The first-order chi connectivity index (χ1) is 13.9. The number of aryl methyl sites for hydroxylation is 1. The highest BCUT2D eigenvalue weighted by Gasteiger charge is 2.20. The van der Waals surface area contributed by atoms with Crippen molar-refractivity contribution in [1.29, 1.82) is 0 Å². The molecule has 0 radical (unpaired) electrons. The lowest BCUT2D eigenvalue weighted by Crippen LogP contribution is -2.26. The molecule has 6 heteroatoms. The van der Waals surface area contributed by atoms with Gasteiger partial charge in [0.05, 0.1) is 4.90 Å². The van der Waals surface area contributed by atoms with Gasteiger partial charge in [0.25, 0.3) is 0 Å². The minimum Gasteiger partial charge on any atom is -0.326 e. The van der Waals surface area contributed by atoms with Crippen LogP contribution in [0.5, 0.6) is 0 Å². The average Bonchev–Trinajstić information content (AvgIpc) is 2.74. The Kier molecular flexibility index (Phi) is 6.80. The number of hydrogen-bond donors (Lipinski definition) is 1. The van der Waals surface area contributed by atoms with Crippen molar-refractivity contribution in [1.82, 2.24) is 4.31 Å². The predicted octanol–water partition coefficient (Wildman–Crippen LogP) is 4.08. The van der Waals surface area contributed by atoms with Gasteiger partial charge in [-0.15, -0.1) is 0 Å². The van der Waals surface area contributed by atoms with Crippen molar-refractivity contribution in [3.8, 4) is 0 Å². The molecule has 0 unspecified atom stereocenters. The third-order valence-corrected chi connectivity index (χ3v) is 6.40. The van der Waals surface area contributed by atoms with Gasteiger partial charge in [-0.2, -0.15) is 4.31 Å². The second-order valence-electron chi connectivity index (χ2n) is 6.80. The topological polar surface area (TPSA) is 66.5 Å². The summed E-state index contributed by atoms with van der Waals surface area (Å²) in [4.78, 5) is 12.3. The molecule has 0 heterocycles. The molecule has 0 atom stereocenters. The summed E-state index contributed by atoms with van der Waals surface area (Å²) < 4.78 is 26.9. The summed E-state index contributed by atoms with van der Waals surface area (Å²) in [6.45, 7) is 0.293. The van der Waals surface area contributed by atoms with Crippen LogP contribution in [0, 0.1) is 0 Å². The molecule has 150 valence electrons. The molecule has 0 fully saturated rings. The highest BCUT2D eigenvalue weighted by Crippen LogP contribution is 2.19. The number of carbonyl (C=O) groups excluding carboxylic acids is 1. The Labute approximate surface area is 172 Å². The maximum Gasteiger partial charge on any atom is 0.243 e. The van der Waals surface area contributed by atoms with Gasteiger partial charge in [-0.3, -0.25) is 4.79 Å². The maximum absolute atomic E-state index is 12.8. The number of sulfonamides is 1. The van der Waals surface area contributed by atoms with Crippen LogP contribution in [0.15, 0.2) is 89.8 Å². The molecule has 1 amide bonds. The van der Waals surface area contributed by atoms with Gasteiger partial charge in [0.2, 0.25) is 15.9 Å². The van der Waals surface area contributed by atoms with Crippen molar-refractivity contribution in [3.63, 3.8) is 0 Å². The summed E-state index contributed by atoms with van der Waals surface area (Å²) >= 11 is 0. The van der Waals surface area contributed by atoms with E-state index >= 15 is 0 Å². The Morgan fingerprint density at radius 3 is 1.97 bits per heavy atom. The lowest BCUT2D eigenvalue weighted by atomic mass is 10.1. The Hall–Kier alpha value is -2.96. The van der Waals surface area contributed by atoms with Crippen molar-refractivity contribution < 1.29 is 13.2 Å². The van der Waals surface area contributed by atoms with E-state index in [1.54, 1.807) is 19.2 Å². The van der Waals surface area contributed by atoms with Gasteiger partial charge < -0.3 is 5.32 Å². The SMILES string of the molecule is CN(Cc1ccccc1)S(=O)(=O)c1ccc(NC(=O)CCc2ccccc2)cc1. The van der Waals surface area contributed by atoms with Gasteiger partial charge in [-0.25, -0.2) is 8.42 Å². The van der Waals surface area contributed by atoms with Gasteiger partial charge in [-0.05, 0) is 41.8 Å². The summed E-state index contributed by atoms with van der Waals surface area (Å²) in [7, 11) is -2.05. The third kappa shape index (κ3) is 5.76. The molecule has 0 aliphatic carbocycles. The van der Waals surface area contributed by atoms with Crippen molar-refractivity contribution in [2.75, 3.05) is 12.4 Å². The van der Waals surface area contributed by atoms with Gasteiger partial charge in [0.15, 0.2) is 0 Å². The Morgan fingerprint density at radius 1 is 0.828 bits per heavy atom. The van der Waals surface area contributed by atoms with Crippen LogP contribution in [-0.4, -0.2) is 25.7 Å². The molecule has 29 heavy (non-hydrogen) atoms. The van der Waals surface area contributed by atoms with E-state index in [-0.39, 0.29) is 10.8 Å². The largest absolute Gasteiger partial charge is 0.326 e. The van der Waals surface area contributed by atoms with Gasteiger partial charge in [0.1, 0.15) is 0 Å². The van der Waals surface area contributed by atoms with Crippen LogP contribution >= 0.6 is 0 Å². The van der Waals surface area contributed by atoms with Crippen LogP contribution in [0.3, 0.4) is 0 Å². The average molecular weight is 409 g/mol. The first-order valence-electron chi connectivity index (χ1n) is 9.39. The zero-order valence-corrected chi connectivity index (χ0v) is 17.1. The van der Waals surface area contributed by atoms with E-state index in [9.17, 15) is 13.2 Å². The summed E-state index contributed by atoms with van der Waals surface area (Å²) in [6.07, 6.45) is 1.02. The van der Waals surface area contributed by atoms with Gasteiger partial charge >= 0.3 is 0 Å². The lowest BCUT2D eigenvalue weighted by molar-refractivity contribution is -0.116. The second-order valence-corrected chi connectivity index (χ2v) is 8.85. The Bertz CT molecular complexity index is 1030. The smallest absolute Gasteiger partial charge is 0.243 e. The molecule has 1 N–H and O–H groups in total. The van der Waals surface area contributed by atoms with Crippen LogP contribution in [0.2, 0.25) is 0 Å². The second kappa shape index (κ2) is 9.49. The van der Waals surface area contributed by atoms with Crippen LogP contribution in [0.25, 0.3) is 0 Å². The molecule has 0 bridgehead atoms. The molecule has 0 saturated carbocycles. The fourth-order valence-corrected chi connectivity index (χ4v) is 4.10. The number of rotatable bonds is 8. The molecule has 0 aliphatic rings. The number of amides is 1. The summed E-state index contributed by atoms with van der Waals surface area (Å²) in [6, 6.07) is 25.5. The predicted molar refractivity (Wildman–Crippen MR) is 115 cm³/mol. The Morgan fingerprint density at radius 2 is 1.38 bits per heavy atom. The molecule has 3 rings (SSSR count). The van der Waals surface area contributed by atoms with Gasteiger partial charge in [-0.1, -0.05) is 60.7 Å². The van der Waals surface area contributed by atoms with Crippen molar-refractivity contribution in [2.45, 2.75) is 24.3 Å². The summed E-state index contributed by atoms with van der Waals surface area (Å²) in [5, 5.41) is 2.81. The zero-order valence-electron chi connectivity index (χ0n) is 16.3. The van der Waals surface area contributed by atoms with E-state index in [0.717, 1.165) is 11.1 Å².